The van der Waals surface area contributed by atoms with Gasteiger partial charge < -0.3 is 14.6 Å². The van der Waals surface area contributed by atoms with Crippen molar-refractivity contribution in [2.45, 2.75) is 25.8 Å². The molecule has 2 rings (SSSR count). The van der Waals surface area contributed by atoms with Crippen LogP contribution >= 0.6 is 0 Å². The highest BCUT2D eigenvalue weighted by Crippen LogP contribution is 2.41. The number of methoxy groups -OCH3 is 1. The van der Waals surface area contributed by atoms with Gasteiger partial charge in [-0.2, -0.15) is 0 Å². The van der Waals surface area contributed by atoms with E-state index in [1.54, 1.807) is 19.1 Å². The number of benzene rings is 1. The standard InChI is InChI=1S/C17H19NO5/c1-9-6-4-5-7-11(9)14-13(16(20)21)10(2)18-12(8-19)15(14)17(22)23-3/h4-8,12-15H,1-3H3,(H,20,21). The topological polar surface area (TPSA) is 93.0 Å². The molecule has 0 aromatic heterocycles. The summed E-state index contributed by atoms with van der Waals surface area (Å²) < 4.78 is 4.82. The third kappa shape index (κ3) is 3.02. The van der Waals surface area contributed by atoms with Gasteiger partial charge in [0.05, 0.1) is 13.0 Å². The second-order valence-corrected chi connectivity index (χ2v) is 5.64. The van der Waals surface area contributed by atoms with Crippen LogP contribution in [0.1, 0.15) is 24.0 Å². The number of hydrogen-bond donors (Lipinski definition) is 1. The van der Waals surface area contributed by atoms with E-state index < -0.39 is 35.7 Å². The van der Waals surface area contributed by atoms with E-state index in [0.29, 0.717) is 12.0 Å². The lowest BCUT2D eigenvalue weighted by atomic mass is 9.69. The quantitative estimate of drug-likeness (QED) is 0.672. The molecule has 122 valence electrons. The molecular weight excluding hydrogens is 298 g/mol. The molecule has 1 heterocycles. The van der Waals surface area contributed by atoms with Crippen molar-refractivity contribution >= 4 is 23.9 Å². The number of carbonyl (C=O) groups excluding carboxylic acids is 2. The summed E-state index contributed by atoms with van der Waals surface area (Å²) in [6.45, 7) is 3.42. The van der Waals surface area contributed by atoms with Crippen LogP contribution in [0.25, 0.3) is 0 Å². The van der Waals surface area contributed by atoms with Crippen LogP contribution in [0.2, 0.25) is 0 Å². The van der Waals surface area contributed by atoms with Crippen LogP contribution in [-0.4, -0.2) is 42.2 Å². The Morgan fingerprint density at radius 2 is 1.91 bits per heavy atom. The van der Waals surface area contributed by atoms with Crippen LogP contribution in [0.4, 0.5) is 0 Å². The fourth-order valence-electron chi connectivity index (χ4n) is 3.28. The molecule has 1 N–H and O–H groups in total. The number of carboxylic acids is 1. The van der Waals surface area contributed by atoms with Crippen molar-refractivity contribution in [2.75, 3.05) is 7.11 Å². The molecule has 0 fully saturated rings. The number of carbonyl (C=O) groups is 3. The Morgan fingerprint density at radius 3 is 2.43 bits per heavy atom. The van der Waals surface area contributed by atoms with Crippen molar-refractivity contribution in [1.82, 2.24) is 0 Å². The van der Waals surface area contributed by atoms with Crippen LogP contribution in [0.15, 0.2) is 29.3 Å². The molecule has 0 radical (unpaired) electrons. The number of ether oxygens (including phenoxy) is 1. The average Bonchev–Trinajstić information content (AvgIpc) is 2.53. The highest BCUT2D eigenvalue weighted by Gasteiger charge is 2.48. The first-order valence-electron chi connectivity index (χ1n) is 7.28. The predicted octanol–water partition coefficient (Wildman–Crippen LogP) is 1.61. The largest absolute Gasteiger partial charge is 0.481 e. The minimum Gasteiger partial charge on any atom is -0.481 e. The number of aliphatic carboxylic acids is 1. The van der Waals surface area contributed by atoms with E-state index in [4.69, 9.17) is 4.74 Å². The van der Waals surface area contributed by atoms with Gasteiger partial charge in [-0.3, -0.25) is 14.6 Å². The molecule has 4 atom stereocenters. The first-order chi connectivity index (χ1) is 10.9. The zero-order valence-corrected chi connectivity index (χ0v) is 13.2. The number of esters is 1. The highest BCUT2D eigenvalue weighted by atomic mass is 16.5. The maximum Gasteiger partial charge on any atom is 0.312 e. The van der Waals surface area contributed by atoms with Gasteiger partial charge in [-0.25, -0.2) is 0 Å². The zero-order valence-electron chi connectivity index (χ0n) is 13.2. The number of nitrogens with zero attached hydrogens (tertiary/aromatic N) is 1. The predicted molar refractivity (Wildman–Crippen MR) is 83.5 cm³/mol. The normalized spacial score (nSPS) is 27.0. The summed E-state index contributed by atoms with van der Waals surface area (Å²) in [6.07, 6.45) is 0.578. The van der Waals surface area contributed by atoms with E-state index in [9.17, 15) is 19.5 Å². The molecule has 1 aromatic carbocycles. The Balaban J connectivity index is 2.69. The zero-order chi connectivity index (χ0) is 17.1. The van der Waals surface area contributed by atoms with Crippen molar-refractivity contribution in [3.05, 3.63) is 35.4 Å². The molecule has 0 spiro atoms. The molecule has 1 aliphatic heterocycles. The van der Waals surface area contributed by atoms with Crippen LogP contribution in [0.5, 0.6) is 0 Å². The summed E-state index contributed by atoms with van der Waals surface area (Å²) in [5.41, 5.74) is 1.91. The van der Waals surface area contributed by atoms with E-state index in [1.807, 2.05) is 19.1 Å². The Bertz CT molecular complexity index is 667. The SMILES string of the molecule is COC(=O)C1C(C=O)N=C(C)C(C(=O)O)C1c1ccccc1C. The second kappa shape index (κ2) is 6.73. The van der Waals surface area contributed by atoms with Gasteiger partial charge in [0.15, 0.2) is 0 Å². The molecule has 0 saturated heterocycles. The summed E-state index contributed by atoms with van der Waals surface area (Å²) in [7, 11) is 1.22. The second-order valence-electron chi connectivity index (χ2n) is 5.64. The summed E-state index contributed by atoms with van der Waals surface area (Å²) >= 11 is 0. The van der Waals surface area contributed by atoms with Crippen molar-refractivity contribution in [2.24, 2.45) is 16.8 Å². The molecular formula is C17H19NO5. The molecule has 1 aromatic rings. The first-order valence-corrected chi connectivity index (χ1v) is 7.28. The lowest BCUT2D eigenvalue weighted by molar-refractivity contribution is -0.150. The van der Waals surface area contributed by atoms with Crippen molar-refractivity contribution in [1.29, 1.82) is 0 Å². The maximum absolute atomic E-state index is 12.3. The summed E-state index contributed by atoms with van der Waals surface area (Å²) in [4.78, 5) is 39.6. The van der Waals surface area contributed by atoms with E-state index in [-0.39, 0.29) is 0 Å². The van der Waals surface area contributed by atoms with Gasteiger partial charge in [0.1, 0.15) is 18.2 Å². The van der Waals surface area contributed by atoms with E-state index in [2.05, 4.69) is 4.99 Å². The fraction of sp³-hybridized carbons (Fsp3) is 0.412. The Hall–Kier alpha value is -2.50. The Morgan fingerprint density at radius 1 is 1.26 bits per heavy atom. The summed E-state index contributed by atoms with van der Waals surface area (Å²) in [6, 6.07) is 6.31. The van der Waals surface area contributed by atoms with Crippen LogP contribution in [0.3, 0.4) is 0 Å². The molecule has 0 amide bonds. The summed E-state index contributed by atoms with van der Waals surface area (Å²) in [5.74, 6) is -4.33. The third-order valence-electron chi connectivity index (χ3n) is 4.34. The smallest absolute Gasteiger partial charge is 0.312 e. The van der Waals surface area contributed by atoms with Crippen LogP contribution < -0.4 is 0 Å². The van der Waals surface area contributed by atoms with Crippen molar-refractivity contribution in [3.8, 4) is 0 Å². The van der Waals surface area contributed by atoms with Crippen LogP contribution in [0, 0.1) is 18.8 Å². The number of aryl methyl sites for hydroxylation is 1. The first kappa shape index (κ1) is 16.9. The van der Waals surface area contributed by atoms with Crippen LogP contribution in [-0.2, 0) is 19.1 Å². The molecule has 4 unspecified atom stereocenters. The number of hydrogen-bond acceptors (Lipinski definition) is 5. The van der Waals surface area contributed by atoms with Crippen molar-refractivity contribution in [3.63, 3.8) is 0 Å². The van der Waals surface area contributed by atoms with Gasteiger partial charge in [0.2, 0.25) is 0 Å². The lowest BCUT2D eigenvalue weighted by Gasteiger charge is -2.37. The molecule has 6 nitrogen and oxygen atoms in total. The minimum absolute atomic E-state index is 0.336. The molecule has 23 heavy (non-hydrogen) atoms. The number of aliphatic imine (C=N–C) groups is 1. The molecule has 1 aliphatic rings. The molecule has 6 heteroatoms. The van der Waals surface area contributed by atoms with Gasteiger partial charge >= 0.3 is 11.9 Å². The maximum atomic E-state index is 12.3. The van der Waals surface area contributed by atoms with E-state index in [0.717, 1.165) is 11.1 Å². The van der Waals surface area contributed by atoms with Gasteiger partial charge in [-0.05, 0) is 25.0 Å². The lowest BCUT2D eigenvalue weighted by Crippen LogP contribution is -2.46. The highest BCUT2D eigenvalue weighted by molar-refractivity contribution is 6.04. The van der Waals surface area contributed by atoms with Gasteiger partial charge in [-0.1, -0.05) is 24.3 Å². The van der Waals surface area contributed by atoms with Crippen molar-refractivity contribution < 1.29 is 24.2 Å². The van der Waals surface area contributed by atoms with Gasteiger partial charge in [0, 0.05) is 11.6 Å². The molecule has 0 bridgehead atoms. The average molecular weight is 317 g/mol. The Labute approximate surface area is 134 Å². The van der Waals surface area contributed by atoms with Gasteiger partial charge in [0.25, 0.3) is 0 Å². The van der Waals surface area contributed by atoms with Gasteiger partial charge in [-0.15, -0.1) is 0 Å². The number of aldehydes is 1. The molecule has 0 aliphatic carbocycles. The van der Waals surface area contributed by atoms with E-state index in [1.165, 1.54) is 7.11 Å². The molecule has 0 saturated carbocycles. The number of carboxylic acid groups (broad SMARTS) is 1. The summed E-state index contributed by atoms with van der Waals surface area (Å²) in [5, 5.41) is 9.64. The number of rotatable bonds is 4. The fourth-order valence-corrected chi connectivity index (χ4v) is 3.28. The third-order valence-corrected chi connectivity index (χ3v) is 4.34. The monoisotopic (exact) mass is 317 g/mol. The minimum atomic E-state index is -1.07. The Kier molecular flexibility index (Phi) is 4.93. The van der Waals surface area contributed by atoms with E-state index >= 15 is 0 Å².